The quantitative estimate of drug-likeness (QED) is 0.799. The summed E-state index contributed by atoms with van der Waals surface area (Å²) in [6, 6.07) is 8.22. The van der Waals surface area contributed by atoms with Crippen LogP contribution in [0.5, 0.6) is 0 Å². The summed E-state index contributed by atoms with van der Waals surface area (Å²) in [5.41, 5.74) is 5.70. The number of nitrogens with zero attached hydrogens (tertiary/aromatic N) is 4. The molecule has 1 saturated heterocycles. The Morgan fingerprint density at radius 1 is 1.00 bits per heavy atom. The zero-order chi connectivity index (χ0) is 17.9. The van der Waals surface area contributed by atoms with Crippen molar-refractivity contribution in [3.63, 3.8) is 0 Å². The number of halogens is 1. The smallest absolute Gasteiger partial charge is 0.0659 e. The second kappa shape index (κ2) is 8.01. The number of rotatable bonds is 5. The Bertz CT molecular complexity index is 729. The van der Waals surface area contributed by atoms with Crippen LogP contribution in [0.15, 0.2) is 24.3 Å². The molecule has 1 fully saturated rings. The van der Waals surface area contributed by atoms with Gasteiger partial charge in [0, 0.05) is 49.6 Å². The minimum absolute atomic E-state index is 0.810. The van der Waals surface area contributed by atoms with Crippen LogP contribution >= 0.6 is 11.6 Å². The minimum atomic E-state index is 0.810. The summed E-state index contributed by atoms with van der Waals surface area (Å²) >= 11 is 6.00. The standard InChI is InChI=1S/C21H29ClN4/c1-24-21(19-5-2-3-6-20(19)23-24)7-4-12-25-13-15-26(16-14-25)18-10-8-17(22)9-11-18/h8-11H,2-7,12-16H2,1H3. The number of fused-ring (bicyclic) bond motifs is 1. The summed E-state index contributed by atoms with van der Waals surface area (Å²) in [6.07, 6.45) is 7.44. The third kappa shape index (κ3) is 3.91. The normalized spacial score (nSPS) is 18.2. The summed E-state index contributed by atoms with van der Waals surface area (Å²) in [5.74, 6) is 0. The molecule has 1 aromatic carbocycles. The summed E-state index contributed by atoms with van der Waals surface area (Å²) in [7, 11) is 2.12. The summed E-state index contributed by atoms with van der Waals surface area (Å²) < 4.78 is 2.15. The van der Waals surface area contributed by atoms with E-state index in [0.717, 1.165) is 37.6 Å². The molecule has 2 aliphatic rings. The molecule has 0 saturated carbocycles. The highest BCUT2D eigenvalue weighted by atomic mass is 35.5. The molecule has 26 heavy (non-hydrogen) atoms. The van der Waals surface area contributed by atoms with Crippen molar-refractivity contribution in [3.05, 3.63) is 46.2 Å². The number of hydrogen-bond donors (Lipinski definition) is 0. The molecule has 1 aromatic heterocycles. The van der Waals surface area contributed by atoms with Crippen molar-refractivity contribution in [2.75, 3.05) is 37.6 Å². The number of piperazine rings is 1. The number of aromatic nitrogens is 2. The molecule has 140 valence electrons. The van der Waals surface area contributed by atoms with Crippen LogP contribution in [-0.2, 0) is 26.3 Å². The number of aryl methyl sites for hydroxylation is 2. The van der Waals surface area contributed by atoms with E-state index in [0.29, 0.717) is 0 Å². The van der Waals surface area contributed by atoms with Crippen LogP contribution in [-0.4, -0.2) is 47.4 Å². The van der Waals surface area contributed by atoms with Gasteiger partial charge < -0.3 is 4.90 Å². The van der Waals surface area contributed by atoms with Gasteiger partial charge in [0.05, 0.1) is 5.69 Å². The van der Waals surface area contributed by atoms with E-state index in [-0.39, 0.29) is 0 Å². The maximum atomic E-state index is 6.00. The first kappa shape index (κ1) is 17.9. The van der Waals surface area contributed by atoms with Gasteiger partial charge in [0.1, 0.15) is 0 Å². The molecular weight excluding hydrogens is 344 g/mol. The molecule has 0 atom stereocenters. The molecule has 1 aliphatic carbocycles. The lowest BCUT2D eigenvalue weighted by molar-refractivity contribution is 0.254. The second-order valence-corrected chi connectivity index (χ2v) is 8.05. The molecule has 0 bridgehead atoms. The maximum Gasteiger partial charge on any atom is 0.0659 e. The molecule has 0 spiro atoms. The Kier molecular flexibility index (Phi) is 5.51. The van der Waals surface area contributed by atoms with E-state index >= 15 is 0 Å². The van der Waals surface area contributed by atoms with Gasteiger partial charge in [-0.25, -0.2) is 0 Å². The third-order valence-corrected chi connectivity index (χ3v) is 6.15. The molecule has 0 radical (unpaired) electrons. The lowest BCUT2D eigenvalue weighted by Gasteiger charge is -2.36. The summed E-state index contributed by atoms with van der Waals surface area (Å²) in [5, 5.41) is 5.56. The van der Waals surface area contributed by atoms with Crippen molar-refractivity contribution in [1.82, 2.24) is 14.7 Å². The lowest BCUT2D eigenvalue weighted by atomic mass is 9.94. The van der Waals surface area contributed by atoms with Crippen LogP contribution in [0.3, 0.4) is 0 Å². The fraction of sp³-hybridized carbons (Fsp3) is 0.571. The first-order valence-corrected chi connectivity index (χ1v) is 10.3. The van der Waals surface area contributed by atoms with Crippen molar-refractivity contribution >= 4 is 17.3 Å². The van der Waals surface area contributed by atoms with Crippen molar-refractivity contribution in [2.45, 2.75) is 38.5 Å². The molecule has 2 heterocycles. The van der Waals surface area contributed by atoms with Gasteiger partial charge in [-0.3, -0.25) is 9.58 Å². The Morgan fingerprint density at radius 2 is 1.73 bits per heavy atom. The Morgan fingerprint density at radius 3 is 2.50 bits per heavy atom. The lowest BCUT2D eigenvalue weighted by Crippen LogP contribution is -2.46. The molecule has 2 aromatic rings. The molecule has 5 heteroatoms. The van der Waals surface area contributed by atoms with E-state index in [2.05, 4.69) is 33.7 Å². The molecule has 0 unspecified atom stereocenters. The monoisotopic (exact) mass is 372 g/mol. The molecular formula is C21H29ClN4. The fourth-order valence-electron chi connectivity index (χ4n) is 4.41. The maximum absolute atomic E-state index is 6.00. The molecule has 4 rings (SSSR count). The predicted octanol–water partition coefficient (Wildman–Crippen LogP) is 3.71. The zero-order valence-corrected chi connectivity index (χ0v) is 16.5. The number of benzene rings is 1. The van der Waals surface area contributed by atoms with Crippen molar-refractivity contribution in [1.29, 1.82) is 0 Å². The first-order valence-electron chi connectivity index (χ1n) is 9.97. The third-order valence-electron chi connectivity index (χ3n) is 5.90. The van der Waals surface area contributed by atoms with Gasteiger partial charge in [-0.2, -0.15) is 5.10 Å². The number of hydrogen-bond acceptors (Lipinski definition) is 3. The first-order chi connectivity index (χ1) is 12.7. The van der Waals surface area contributed by atoms with Crippen LogP contribution < -0.4 is 4.90 Å². The number of anilines is 1. The van der Waals surface area contributed by atoms with Crippen LogP contribution in [0, 0.1) is 0 Å². The van der Waals surface area contributed by atoms with Crippen molar-refractivity contribution in [3.8, 4) is 0 Å². The van der Waals surface area contributed by atoms with Gasteiger partial charge in [0.25, 0.3) is 0 Å². The zero-order valence-electron chi connectivity index (χ0n) is 15.8. The largest absolute Gasteiger partial charge is 0.369 e. The average molecular weight is 373 g/mol. The second-order valence-electron chi connectivity index (χ2n) is 7.61. The molecule has 1 aliphatic heterocycles. The fourth-order valence-corrected chi connectivity index (χ4v) is 4.54. The van der Waals surface area contributed by atoms with Crippen molar-refractivity contribution in [2.24, 2.45) is 7.05 Å². The van der Waals surface area contributed by atoms with E-state index in [1.54, 1.807) is 5.56 Å². The Hall–Kier alpha value is -1.52. The van der Waals surface area contributed by atoms with Crippen LogP contribution in [0.25, 0.3) is 0 Å². The highest BCUT2D eigenvalue weighted by molar-refractivity contribution is 6.30. The van der Waals surface area contributed by atoms with Gasteiger partial charge in [0.2, 0.25) is 0 Å². The molecule has 0 amide bonds. The van der Waals surface area contributed by atoms with E-state index in [1.165, 1.54) is 55.7 Å². The highest BCUT2D eigenvalue weighted by Gasteiger charge is 2.20. The van der Waals surface area contributed by atoms with Crippen molar-refractivity contribution < 1.29 is 0 Å². The molecule has 0 N–H and O–H groups in total. The van der Waals surface area contributed by atoms with Gasteiger partial charge in [0.15, 0.2) is 0 Å². The van der Waals surface area contributed by atoms with E-state index in [4.69, 9.17) is 16.7 Å². The van der Waals surface area contributed by atoms with Gasteiger partial charge in [-0.15, -0.1) is 0 Å². The van der Waals surface area contributed by atoms with Gasteiger partial charge >= 0.3 is 0 Å². The Labute approximate surface area is 161 Å². The van der Waals surface area contributed by atoms with Gasteiger partial charge in [-0.1, -0.05) is 11.6 Å². The topological polar surface area (TPSA) is 24.3 Å². The summed E-state index contributed by atoms with van der Waals surface area (Å²) in [4.78, 5) is 5.07. The molecule has 4 nitrogen and oxygen atoms in total. The van der Waals surface area contributed by atoms with Gasteiger partial charge in [-0.05, 0) is 74.9 Å². The Balaban J connectivity index is 1.25. The van der Waals surface area contributed by atoms with Crippen LogP contribution in [0.2, 0.25) is 5.02 Å². The minimum Gasteiger partial charge on any atom is -0.369 e. The average Bonchev–Trinajstić information content (AvgIpc) is 2.99. The summed E-state index contributed by atoms with van der Waals surface area (Å²) in [6.45, 7) is 5.68. The predicted molar refractivity (Wildman–Crippen MR) is 108 cm³/mol. The van der Waals surface area contributed by atoms with E-state index in [9.17, 15) is 0 Å². The highest BCUT2D eigenvalue weighted by Crippen LogP contribution is 2.25. The van der Waals surface area contributed by atoms with Crippen LogP contribution in [0.4, 0.5) is 5.69 Å². The van der Waals surface area contributed by atoms with E-state index in [1.807, 2.05) is 12.1 Å². The SMILES string of the molecule is Cn1nc2c(c1CCCN1CCN(c3ccc(Cl)cc3)CC1)CCCC2. The van der Waals surface area contributed by atoms with Crippen LogP contribution in [0.1, 0.15) is 36.2 Å². The van der Waals surface area contributed by atoms with E-state index < -0.39 is 0 Å².